The second-order valence-corrected chi connectivity index (χ2v) is 3.71. The van der Waals surface area contributed by atoms with Gasteiger partial charge >= 0.3 is 0 Å². The van der Waals surface area contributed by atoms with Gasteiger partial charge in [-0.3, -0.25) is 9.36 Å². The fraction of sp³-hybridized carbons (Fsp3) is 0.571. The number of hydrogen-bond donors (Lipinski definition) is 2. The van der Waals surface area contributed by atoms with Crippen LogP contribution in [0.4, 0.5) is 5.95 Å². The molecule has 0 saturated carbocycles. The lowest BCUT2D eigenvalue weighted by atomic mass is 10.2. The van der Waals surface area contributed by atoms with E-state index in [1.165, 1.54) is 0 Å². The molecular weight excluding hydrogens is 202 g/mol. The Morgan fingerprint density at radius 1 is 1.71 bits per heavy atom. The van der Waals surface area contributed by atoms with Crippen molar-refractivity contribution in [2.45, 2.75) is 12.5 Å². The number of hydrogen-bond acceptors (Lipinski definition) is 4. The van der Waals surface area contributed by atoms with E-state index >= 15 is 0 Å². The summed E-state index contributed by atoms with van der Waals surface area (Å²) >= 11 is 5.00. The highest BCUT2D eigenvalue weighted by Gasteiger charge is 2.32. The van der Waals surface area contributed by atoms with Gasteiger partial charge in [0.1, 0.15) is 6.04 Å². The molecule has 1 aromatic heterocycles. The van der Waals surface area contributed by atoms with Crippen LogP contribution < -0.4 is 5.73 Å². The van der Waals surface area contributed by atoms with Crippen molar-refractivity contribution in [2.24, 2.45) is 0 Å². The summed E-state index contributed by atoms with van der Waals surface area (Å²) < 4.78 is 1.97. The number of anilines is 1. The second-order valence-electron chi connectivity index (χ2n) is 3.32. The summed E-state index contributed by atoms with van der Waals surface area (Å²) in [5.41, 5.74) is 5.61. The van der Waals surface area contributed by atoms with Crippen LogP contribution in [0.2, 0.25) is 0 Å². The van der Waals surface area contributed by atoms with Crippen LogP contribution in [0.25, 0.3) is 0 Å². The number of likely N-dealkylation sites (tertiary alicyclic amines) is 1. The molecule has 1 atom stereocenters. The van der Waals surface area contributed by atoms with Gasteiger partial charge < -0.3 is 10.6 Å². The zero-order chi connectivity index (χ0) is 10.3. The maximum atomic E-state index is 11.7. The van der Waals surface area contributed by atoms with Gasteiger partial charge in [-0.25, -0.2) is 5.10 Å². The van der Waals surface area contributed by atoms with E-state index < -0.39 is 0 Å². The molecule has 1 fully saturated rings. The summed E-state index contributed by atoms with van der Waals surface area (Å²) in [6.45, 7) is 0.732. The van der Waals surface area contributed by atoms with Gasteiger partial charge in [-0.05, 0) is 18.6 Å². The van der Waals surface area contributed by atoms with Crippen LogP contribution in [0.3, 0.4) is 0 Å². The van der Waals surface area contributed by atoms with Crippen molar-refractivity contribution >= 4 is 24.1 Å². The Balaban J connectivity index is 2.42. The smallest absolute Gasteiger partial charge is 0.245 e. The van der Waals surface area contributed by atoms with E-state index in [0.717, 1.165) is 13.0 Å². The van der Waals surface area contributed by atoms with Crippen molar-refractivity contribution in [1.82, 2.24) is 19.7 Å². The number of H-pyrrole nitrogens is 1. The third-order valence-corrected chi connectivity index (χ3v) is 2.73. The van der Waals surface area contributed by atoms with E-state index in [4.69, 9.17) is 18.0 Å². The summed E-state index contributed by atoms with van der Waals surface area (Å²) in [7, 11) is 1.77. The number of nitrogens with zero attached hydrogens (tertiary/aromatic N) is 3. The Morgan fingerprint density at radius 2 is 2.43 bits per heavy atom. The maximum absolute atomic E-state index is 11.7. The highest BCUT2D eigenvalue weighted by atomic mass is 32.1. The number of aromatic nitrogens is 3. The summed E-state index contributed by atoms with van der Waals surface area (Å²) in [5, 5.41) is 6.34. The van der Waals surface area contributed by atoms with E-state index in [1.54, 1.807) is 16.5 Å². The van der Waals surface area contributed by atoms with Gasteiger partial charge in [0.25, 0.3) is 0 Å². The molecule has 2 rings (SSSR count). The van der Waals surface area contributed by atoms with Crippen molar-refractivity contribution in [2.75, 3.05) is 19.3 Å². The Kier molecular flexibility index (Phi) is 2.03. The molecule has 0 radical (unpaired) electrons. The highest BCUT2D eigenvalue weighted by Crippen LogP contribution is 2.23. The predicted octanol–water partition coefficient (Wildman–Crippen LogP) is -0.0739. The van der Waals surface area contributed by atoms with Gasteiger partial charge in [0.15, 0.2) is 4.77 Å². The Labute approximate surface area is 85.7 Å². The molecule has 6 nitrogen and oxygen atoms in total. The molecular formula is C7H11N5OS. The number of rotatable bonds is 1. The topological polar surface area (TPSA) is 79.9 Å². The summed E-state index contributed by atoms with van der Waals surface area (Å²) in [5.74, 6) is 0.304. The van der Waals surface area contributed by atoms with Crippen LogP contribution in [0.5, 0.6) is 0 Å². The molecule has 3 N–H and O–H groups in total. The third kappa shape index (κ3) is 1.20. The van der Waals surface area contributed by atoms with Gasteiger partial charge in [-0.2, -0.15) is 0 Å². The molecule has 1 aliphatic rings. The normalized spacial score (nSPS) is 21.9. The van der Waals surface area contributed by atoms with Gasteiger partial charge in [-0.15, -0.1) is 5.10 Å². The number of nitrogens with two attached hydrogens (primary N) is 1. The quantitative estimate of drug-likeness (QED) is 0.640. The first-order valence-corrected chi connectivity index (χ1v) is 4.69. The monoisotopic (exact) mass is 213 g/mol. The van der Waals surface area contributed by atoms with E-state index in [2.05, 4.69) is 10.2 Å². The molecule has 76 valence electrons. The minimum atomic E-state index is -0.286. The fourth-order valence-corrected chi connectivity index (χ4v) is 1.93. The minimum Gasteiger partial charge on any atom is -0.368 e. The third-order valence-electron chi connectivity index (χ3n) is 2.44. The van der Waals surface area contributed by atoms with E-state index in [-0.39, 0.29) is 17.9 Å². The molecule has 2 heterocycles. The number of aromatic amines is 1. The van der Waals surface area contributed by atoms with Crippen LogP contribution in [0.15, 0.2) is 0 Å². The average Bonchev–Trinajstić information content (AvgIpc) is 2.62. The minimum absolute atomic E-state index is 0.0363. The van der Waals surface area contributed by atoms with Gasteiger partial charge in [0.2, 0.25) is 11.9 Å². The van der Waals surface area contributed by atoms with Crippen molar-refractivity contribution < 1.29 is 4.79 Å². The molecule has 1 aliphatic heterocycles. The fourth-order valence-electron chi connectivity index (χ4n) is 1.66. The predicted molar refractivity (Wildman–Crippen MR) is 53.1 cm³/mol. The average molecular weight is 213 g/mol. The molecule has 1 unspecified atom stereocenters. The van der Waals surface area contributed by atoms with Gasteiger partial charge in [-0.1, -0.05) is 0 Å². The molecule has 1 amide bonds. The molecule has 7 heteroatoms. The highest BCUT2D eigenvalue weighted by molar-refractivity contribution is 7.71. The molecule has 0 aromatic carbocycles. The largest absolute Gasteiger partial charge is 0.368 e. The van der Waals surface area contributed by atoms with Crippen LogP contribution >= 0.6 is 12.2 Å². The van der Waals surface area contributed by atoms with E-state index in [1.807, 2.05) is 0 Å². The van der Waals surface area contributed by atoms with Crippen LogP contribution in [-0.4, -0.2) is 39.2 Å². The number of nitrogens with one attached hydrogen (secondary N) is 1. The standard InChI is InChI=1S/C7H11N5OS/c1-11-3-2-4(5(11)13)12-6(8)9-10-7(12)14/h4H,2-3H2,1H3,(H2,8,9)(H,10,14). The van der Waals surface area contributed by atoms with Crippen molar-refractivity contribution in [3.8, 4) is 0 Å². The van der Waals surface area contributed by atoms with Crippen molar-refractivity contribution in [1.29, 1.82) is 0 Å². The SMILES string of the molecule is CN1CCC(n2c(N)n[nH]c2=S)C1=O. The lowest BCUT2D eigenvalue weighted by Gasteiger charge is -2.11. The molecule has 1 saturated heterocycles. The van der Waals surface area contributed by atoms with Crippen LogP contribution in [0.1, 0.15) is 12.5 Å². The maximum Gasteiger partial charge on any atom is 0.245 e. The Morgan fingerprint density at radius 3 is 2.86 bits per heavy atom. The first-order chi connectivity index (χ1) is 6.61. The Hall–Kier alpha value is -1.37. The van der Waals surface area contributed by atoms with Gasteiger partial charge in [0, 0.05) is 13.6 Å². The number of amides is 1. The molecule has 1 aromatic rings. The number of carbonyl (C=O) groups is 1. The summed E-state index contributed by atoms with van der Waals surface area (Å²) in [4.78, 5) is 13.3. The zero-order valence-corrected chi connectivity index (χ0v) is 8.54. The van der Waals surface area contributed by atoms with Crippen LogP contribution in [0, 0.1) is 4.77 Å². The van der Waals surface area contributed by atoms with E-state index in [9.17, 15) is 4.79 Å². The van der Waals surface area contributed by atoms with E-state index in [0.29, 0.717) is 4.77 Å². The van der Waals surface area contributed by atoms with Crippen LogP contribution in [-0.2, 0) is 4.79 Å². The number of nitrogen functional groups attached to an aromatic ring is 1. The molecule has 0 bridgehead atoms. The second kappa shape index (κ2) is 3.09. The molecule has 0 aliphatic carbocycles. The Bertz CT molecular complexity index is 422. The van der Waals surface area contributed by atoms with Crippen molar-refractivity contribution in [3.05, 3.63) is 4.77 Å². The molecule has 14 heavy (non-hydrogen) atoms. The first kappa shape index (κ1) is 9.20. The lowest BCUT2D eigenvalue weighted by molar-refractivity contribution is -0.129. The number of carbonyl (C=O) groups excluding carboxylic acids is 1. The summed E-state index contributed by atoms with van der Waals surface area (Å²) in [6.07, 6.45) is 0.730. The first-order valence-electron chi connectivity index (χ1n) is 4.28. The zero-order valence-electron chi connectivity index (χ0n) is 7.73. The summed E-state index contributed by atoms with van der Waals surface area (Å²) in [6, 6.07) is -0.286. The molecule has 0 spiro atoms. The number of likely N-dealkylation sites (N-methyl/N-ethyl adjacent to an activating group) is 1. The van der Waals surface area contributed by atoms with Gasteiger partial charge in [0.05, 0.1) is 0 Å². The van der Waals surface area contributed by atoms with Crippen molar-refractivity contribution in [3.63, 3.8) is 0 Å². The lowest BCUT2D eigenvalue weighted by Crippen LogP contribution is -2.25.